The summed E-state index contributed by atoms with van der Waals surface area (Å²) in [4.78, 5) is 10.3. The van der Waals surface area contributed by atoms with Crippen LogP contribution in [0.3, 0.4) is 0 Å². The van der Waals surface area contributed by atoms with Gasteiger partial charge in [-0.05, 0) is 32.4 Å². The number of rotatable bonds is 5. The van der Waals surface area contributed by atoms with Crippen molar-refractivity contribution in [1.82, 2.24) is 5.16 Å². The molecule has 7 nitrogen and oxygen atoms in total. The second-order valence-corrected chi connectivity index (χ2v) is 4.94. The van der Waals surface area contributed by atoms with Gasteiger partial charge in [0, 0.05) is 17.3 Å². The van der Waals surface area contributed by atoms with E-state index in [1.807, 2.05) is 26.8 Å². The lowest BCUT2D eigenvalue weighted by atomic mass is 10.0. The van der Waals surface area contributed by atoms with Crippen molar-refractivity contribution in [2.75, 3.05) is 5.32 Å². The molecule has 0 amide bonds. The molecule has 0 spiro atoms. The average Bonchev–Trinajstić information content (AvgIpc) is 2.83. The van der Waals surface area contributed by atoms with E-state index in [4.69, 9.17) is 9.78 Å². The predicted octanol–water partition coefficient (Wildman–Crippen LogP) is 3.63. The second-order valence-electron chi connectivity index (χ2n) is 4.94. The van der Waals surface area contributed by atoms with E-state index in [9.17, 15) is 10.1 Å². The molecule has 0 bridgehead atoms. The standard InChI is InChI=1S/C15H16N4O3/c1-4-13(15-9(2)18-22-10(15)3)17-12-5-6-14(19(20)21)11(7-12)8-16/h5-7,13,17H,4H2,1-3H3/t13-/m1/s1. The van der Waals surface area contributed by atoms with E-state index < -0.39 is 4.92 Å². The number of nitro benzene ring substituents is 1. The van der Waals surface area contributed by atoms with Crippen LogP contribution in [0.4, 0.5) is 11.4 Å². The Labute approximate surface area is 127 Å². The van der Waals surface area contributed by atoms with E-state index in [0.717, 1.165) is 23.4 Å². The first-order valence-electron chi connectivity index (χ1n) is 6.85. The van der Waals surface area contributed by atoms with Crippen LogP contribution in [0.15, 0.2) is 22.7 Å². The largest absolute Gasteiger partial charge is 0.378 e. The fourth-order valence-corrected chi connectivity index (χ4v) is 2.44. The van der Waals surface area contributed by atoms with Crippen LogP contribution in [0, 0.1) is 35.3 Å². The van der Waals surface area contributed by atoms with Gasteiger partial charge in [0.05, 0.1) is 16.7 Å². The van der Waals surface area contributed by atoms with Gasteiger partial charge in [-0.1, -0.05) is 12.1 Å². The Morgan fingerprint density at radius 1 is 1.50 bits per heavy atom. The molecule has 2 aromatic rings. The zero-order chi connectivity index (χ0) is 16.3. The van der Waals surface area contributed by atoms with Crippen molar-refractivity contribution in [3.8, 4) is 6.07 Å². The molecule has 0 radical (unpaired) electrons. The Morgan fingerprint density at radius 3 is 2.73 bits per heavy atom. The number of hydrogen-bond acceptors (Lipinski definition) is 6. The normalized spacial score (nSPS) is 11.7. The van der Waals surface area contributed by atoms with Crippen molar-refractivity contribution in [3.05, 3.63) is 50.9 Å². The number of nitrogens with one attached hydrogen (secondary N) is 1. The number of aryl methyl sites for hydroxylation is 2. The van der Waals surface area contributed by atoms with Crippen molar-refractivity contribution in [3.63, 3.8) is 0 Å². The minimum Gasteiger partial charge on any atom is -0.378 e. The summed E-state index contributed by atoms with van der Waals surface area (Å²) in [7, 11) is 0. The zero-order valence-corrected chi connectivity index (χ0v) is 12.6. The second kappa shape index (κ2) is 6.26. The maximum absolute atomic E-state index is 10.9. The van der Waals surface area contributed by atoms with Gasteiger partial charge < -0.3 is 9.84 Å². The van der Waals surface area contributed by atoms with Crippen molar-refractivity contribution < 1.29 is 9.45 Å². The third-order valence-corrected chi connectivity index (χ3v) is 3.50. The molecule has 0 saturated carbocycles. The number of nitro groups is 1. The van der Waals surface area contributed by atoms with Crippen LogP contribution >= 0.6 is 0 Å². The molecule has 0 fully saturated rings. The molecule has 0 aliphatic heterocycles. The lowest BCUT2D eigenvalue weighted by molar-refractivity contribution is -0.385. The van der Waals surface area contributed by atoms with Gasteiger partial charge in [0.15, 0.2) is 0 Å². The number of nitrogens with zero attached hydrogens (tertiary/aromatic N) is 3. The van der Waals surface area contributed by atoms with Crippen LogP contribution in [-0.2, 0) is 0 Å². The molecule has 0 aliphatic rings. The van der Waals surface area contributed by atoms with Gasteiger partial charge in [-0.2, -0.15) is 5.26 Å². The van der Waals surface area contributed by atoms with Crippen molar-refractivity contribution in [2.24, 2.45) is 0 Å². The molecule has 0 aliphatic carbocycles. The molecular weight excluding hydrogens is 284 g/mol. The highest BCUT2D eigenvalue weighted by Crippen LogP contribution is 2.29. The fourth-order valence-electron chi connectivity index (χ4n) is 2.44. The van der Waals surface area contributed by atoms with Gasteiger partial charge in [0.25, 0.3) is 5.69 Å². The number of aromatic nitrogens is 1. The van der Waals surface area contributed by atoms with Gasteiger partial charge in [0.2, 0.25) is 0 Å². The average molecular weight is 300 g/mol. The minimum absolute atomic E-state index is 0.0311. The molecule has 1 atom stereocenters. The van der Waals surface area contributed by atoms with E-state index in [0.29, 0.717) is 5.69 Å². The highest BCUT2D eigenvalue weighted by Gasteiger charge is 2.20. The van der Waals surface area contributed by atoms with Gasteiger partial charge >= 0.3 is 0 Å². The molecule has 22 heavy (non-hydrogen) atoms. The molecule has 114 valence electrons. The molecule has 2 rings (SSSR count). The van der Waals surface area contributed by atoms with Crippen LogP contribution in [0.5, 0.6) is 0 Å². The van der Waals surface area contributed by atoms with Crippen molar-refractivity contribution >= 4 is 11.4 Å². The quantitative estimate of drug-likeness (QED) is 0.667. The summed E-state index contributed by atoms with van der Waals surface area (Å²) in [5.74, 6) is 0.735. The lowest BCUT2D eigenvalue weighted by Crippen LogP contribution is -2.11. The summed E-state index contributed by atoms with van der Waals surface area (Å²) in [6.07, 6.45) is 0.780. The Balaban J connectivity index is 2.33. The topological polar surface area (TPSA) is 105 Å². The van der Waals surface area contributed by atoms with Gasteiger partial charge in [0.1, 0.15) is 17.4 Å². The van der Waals surface area contributed by atoms with E-state index in [1.54, 1.807) is 6.07 Å². The number of anilines is 1. The third kappa shape index (κ3) is 2.91. The molecule has 1 N–H and O–H groups in total. The molecule has 1 heterocycles. The molecule has 1 aromatic heterocycles. The molecular formula is C15H16N4O3. The first kappa shape index (κ1) is 15.5. The van der Waals surface area contributed by atoms with E-state index in [1.165, 1.54) is 12.1 Å². The Hall–Kier alpha value is -2.88. The maximum Gasteiger partial charge on any atom is 0.287 e. The van der Waals surface area contributed by atoms with Crippen molar-refractivity contribution in [2.45, 2.75) is 33.2 Å². The van der Waals surface area contributed by atoms with Crippen LogP contribution in [0.25, 0.3) is 0 Å². The molecule has 7 heteroatoms. The van der Waals surface area contributed by atoms with Gasteiger partial charge in [-0.25, -0.2) is 0 Å². The highest BCUT2D eigenvalue weighted by molar-refractivity contribution is 5.59. The first-order chi connectivity index (χ1) is 10.5. The van der Waals surface area contributed by atoms with Crippen molar-refractivity contribution in [1.29, 1.82) is 5.26 Å². The summed E-state index contributed by atoms with van der Waals surface area (Å²) < 4.78 is 5.18. The van der Waals surface area contributed by atoms with Crippen LogP contribution in [-0.4, -0.2) is 10.1 Å². The van der Waals surface area contributed by atoms with Crippen LogP contribution in [0.1, 0.15) is 42.0 Å². The fraction of sp³-hybridized carbons (Fsp3) is 0.333. The highest BCUT2D eigenvalue weighted by atomic mass is 16.6. The summed E-state index contributed by atoms with van der Waals surface area (Å²) in [6, 6.07) is 6.23. The summed E-state index contributed by atoms with van der Waals surface area (Å²) >= 11 is 0. The zero-order valence-electron chi connectivity index (χ0n) is 12.6. The smallest absolute Gasteiger partial charge is 0.287 e. The number of nitriles is 1. The first-order valence-corrected chi connectivity index (χ1v) is 6.85. The van der Waals surface area contributed by atoms with E-state index in [-0.39, 0.29) is 17.3 Å². The Morgan fingerprint density at radius 2 is 2.23 bits per heavy atom. The van der Waals surface area contributed by atoms with E-state index >= 15 is 0 Å². The predicted molar refractivity (Wildman–Crippen MR) is 80.4 cm³/mol. The minimum atomic E-state index is -0.562. The SMILES string of the molecule is CC[C@@H](Nc1ccc([N+](=O)[O-])c(C#N)c1)c1c(C)noc1C. The number of benzene rings is 1. The summed E-state index contributed by atoms with van der Waals surface area (Å²) in [6.45, 7) is 5.73. The van der Waals surface area contributed by atoms with Gasteiger partial charge in [-0.15, -0.1) is 0 Å². The molecule has 1 aromatic carbocycles. The lowest BCUT2D eigenvalue weighted by Gasteiger charge is -2.18. The molecule has 0 saturated heterocycles. The summed E-state index contributed by atoms with van der Waals surface area (Å²) in [5, 5.41) is 27.1. The summed E-state index contributed by atoms with van der Waals surface area (Å²) in [5.41, 5.74) is 2.26. The Kier molecular flexibility index (Phi) is 4.41. The van der Waals surface area contributed by atoms with E-state index in [2.05, 4.69) is 10.5 Å². The van der Waals surface area contributed by atoms with Crippen LogP contribution in [0.2, 0.25) is 0 Å². The van der Waals surface area contributed by atoms with Crippen LogP contribution < -0.4 is 5.32 Å². The van der Waals surface area contributed by atoms with Gasteiger partial charge in [-0.3, -0.25) is 10.1 Å². The maximum atomic E-state index is 10.9. The number of hydrogen-bond donors (Lipinski definition) is 1. The monoisotopic (exact) mass is 300 g/mol. The third-order valence-electron chi connectivity index (χ3n) is 3.50. The Bertz CT molecular complexity index is 726. The molecule has 0 unspecified atom stereocenters.